The van der Waals surface area contributed by atoms with Crippen LogP contribution in [0.25, 0.3) is 0 Å². The molecule has 1 unspecified atom stereocenters. The van der Waals surface area contributed by atoms with Crippen LogP contribution < -0.4 is 0 Å². The van der Waals surface area contributed by atoms with E-state index in [9.17, 15) is 0 Å². The van der Waals surface area contributed by atoms with Gasteiger partial charge >= 0.3 is 0 Å². The van der Waals surface area contributed by atoms with Crippen molar-refractivity contribution in [1.82, 2.24) is 14.7 Å². The summed E-state index contributed by atoms with van der Waals surface area (Å²) >= 11 is 0. The van der Waals surface area contributed by atoms with Crippen LogP contribution in [0.5, 0.6) is 0 Å². The molecule has 1 aliphatic carbocycles. The molecule has 158 valence electrons. The van der Waals surface area contributed by atoms with E-state index in [1.807, 2.05) is 0 Å². The average Bonchev–Trinajstić information content (AvgIpc) is 2.66. The first-order chi connectivity index (χ1) is 12.9. The van der Waals surface area contributed by atoms with E-state index in [2.05, 4.69) is 49.3 Å². The lowest BCUT2D eigenvalue weighted by molar-refractivity contribution is -0.136. The highest BCUT2D eigenvalue weighted by molar-refractivity contribution is 4.96. The van der Waals surface area contributed by atoms with Crippen molar-refractivity contribution in [1.29, 1.82) is 0 Å². The van der Waals surface area contributed by atoms with Gasteiger partial charge in [0.2, 0.25) is 0 Å². The molecule has 0 aromatic carbocycles. The van der Waals surface area contributed by atoms with Gasteiger partial charge in [-0.05, 0) is 59.9 Å². The van der Waals surface area contributed by atoms with E-state index in [4.69, 9.17) is 9.47 Å². The smallest absolute Gasteiger partial charge is 0.0628 e. The van der Waals surface area contributed by atoms with Crippen molar-refractivity contribution in [3.8, 4) is 0 Å². The standard InChI is InChI=1S/C22H43N3O2/c1-6-23-12-14-25(15-13-23)22(4,5)18(3)24-10-8-19(9-11-24)27-21-16-20(17-21)26-7-2/h18-21H,6-17H2,1-5H3. The van der Waals surface area contributed by atoms with Gasteiger partial charge in [0, 0.05) is 57.5 Å². The van der Waals surface area contributed by atoms with Crippen LogP contribution in [0.2, 0.25) is 0 Å². The van der Waals surface area contributed by atoms with Crippen LogP contribution in [0.4, 0.5) is 0 Å². The fourth-order valence-electron chi connectivity index (χ4n) is 5.02. The largest absolute Gasteiger partial charge is 0.378 e. The average molecular weight is 382 g/mol. The first kappa shape index (κ1) is 21.5. The van der Waals surface area contributed by atoms with Gasteiger partial charge in [-0.3, -0.25) is 9.80 Å². The third-order valence-corrected chi connectivity index (χ3v) is 7.52. The van der Waals surface area contributed by atoms with E-state index in [1.165, 1.54) is 58.7 Å². The fourth-order valence-corrected chi connectivity index (χ4v) is 5.02. The molecule has 3 fully saturated rings. The van der Waals surface area contributed by atoms with Crippen LogP contribution >= 0.6 is 0 Å². The maximum atomic E-state index is 6.34. The van der Waals surface area contributed by atoms with Gasteiger partial charge in [0.1, 0.15) is 0 Å². The first-order valence-electron chi connectivity index (χ1n) is 11.4. The molecule has 0 N–H and O–H groups in total. The molecule has 0 radical (unpaired) electrons. The molecule has 0 amide bonds. The predicted molar refractivity (Wildman–Crippen MR) is 111 cm³/mol. The van der Waals surface area contributed by atoms with Crippen molar-refractivity contribution in [3.05, 3.63) is 0 Å². The highest BCUT2D eigenvalue weighted by Gasteiger charge is 2.39. The molecule has 0 aromatic heterocycles. The monoisotopic (exact) mass is 381 g/mol. The zero-order valence-corrected chi connectivity index (χ0v) is 18.5. The van der Waals surface area contributed by atoms with Crippen molar-refractivity contribution in [2.24, 2.45) is 0 Å². The molecule has 0 aromatic rings. The number of piperidine rings is 1. The molecular weight excluding hydrogens is 338 g/mol. The molecule has 1 atom stereocenters. The van der Waals surface area contributed by atoms with Gasteiger partial charge in [-0.15, -0.1) is 0 Å². The lowest BCUT2D eigenvalue weighted by Gasteiger charge is -2.51. The van der Waals surface area contributed by atoms with Crippen molar-refractivity contribution in [3.63, 3.8) is 0 Å². The number of likely N-dealkylation sites (N-methyl/N-ethyl adjacent to an activating group) is 1. The molecule has 0 spiro atoms. The number of piperazine rings is 1. The van der Waals surface area contributed by atoms with Gasteiger partial charge in [0.05, 0.1) is 18.3 Å². The van der Waals surface area contributed by atoms with Crippen LogP contribution in [0.3, 0.4) is 0 Å². The number of ether oxygens (including phenoxy) is 2. The van der Waals surface area contributed by atoms with Crippen molar-refractivity contribution >= 4 is 0 Å². The summed E-state index contributed by atoms with van der Waals surface area (Å²) in [6.45, 7) is 20.9. The van der Waals surface area contributed by atoms with E-state index in [0.717, 1.165) is 19.4 Å². The Balaban J connectivity index is 1.40. The minimum absolute atomic E-state index is 0.228. The number of hydrogen-bond acceptors (Lipinski definition) is 5. The summed E-state index contributed by atoms with van der Waals surface area (Å²) in [5.74, 6) is 0. The lowest BCUT2D eigenvalue weighted by atomic mass is 9.89. The predicted octanol–water partition coefficient (Wildman–Crippen LogP) is 2.84. The minimum atomic E-state index is 0.228. The first-order valence-corrected chi connectivity index (χ1v) is 11.4. The molecule has 5 nitrogen and oxygen atoms in total. The highest BCUT2D eigenvalue weighted by atomic mass is 16.5. The Bertz CT molecular complexity index is 437. The number of likely N-dealkylation sites (tertiary alicyclic amines) is 1. The Hall–Kier alpha value is -0.200. The van der Waals surface area contributed by atoms with Gasteiger partial charge in [-0.1, -0.05) is 6.92 Å². The second-order valence-electron chi connectivity index (χ2n) is 9.29. The topological polar surface area (TPSA) is 28.2 Å². The van der Waals surface area contributed by atoms with E-state index >= 15 is 0 Å². The SMILES string of the molecule is CCOC1CC(OC2CCN(C(C)C(C)(C)N3CCN(CC)CC3)CC2)C1. The van der Waals surface area contributed by atoms with Gasteiger partial charge < -0.3 is 14.4 Å². The van der Waals surface area contributed by atoms with Gasteiger partial charge in [-0.2, -0.15) is 0 Å². The molecule has 1 saturated carbocycles. The summed E-state index contributed by atoms with van der Waals surface area (Å²) < 4.78 is 12.0. The molecule has 27 heavy (non-hydrogen) atoms. The van der Waals surface area contributed by atoms with Crippen LogP contribution in [0.15, 0.2) is 0 Å². The second-order valence-corrected chi connectivity index (χ2v) is 9.29. The molecule has 5 heteroatoms. The van der Waals surface area contributed by atoms with Crippen molar-refractivity contribution < 1.29 is 9.47 Å². The molecule has 2 heterocycles. The van der Waals surface area contributed by atoms with Crippen LogP contribution in [0.1, 0.15) is 60.3 Å². The molecular formula is C22H43N3O2. The Morgan fingerprint density at radius 1 is 0.889 bits per heavy atom. The lowest BCUT2D eigenvalue weighted by Crippen LogP contribution is -2.63. The zero-order valence-electron chi connectivity index (χ0n) is 18.5. The Kier molecular flexibility index (Phi) is 7.59. The summed E-state index contributed by atoms with van der Waals surface area (Å²) in [7, 11) is 0. The Morgan fingerprint density at radius 2 is 1.52 bits per heavy atom. The van der Waals surface area contributed by atoms with Crippen molar-refractivity contribution in [2.45, 2.75) is 90.2 Å². The third-order valence-electron chi connectivity index (χ3n) is 7.52. The molecule has 3 aliphatic rings. The van der Waals surface area contributed by atoms with E-state index in [-0.39, 0.29) is 5.54 Å². The summed E-state index contributed by atoms with van der Waals surface area (Å²) in [5, 5.41) is 0. The van der Waals surface area contributed by atoms with Crippen LogP contribution in [0, 0.1) is 0 Å². The maximum Gasteiger partial charge on any atom is 0.0628 e. The quantitative estimate of drug-likeness (QED) is 0.645. The maximum absolute atomic E-state index is 6.34. The molecule has 0 bridgehead atoms. The zero-order chi connectivity index (χ0) is 19.4. The van der Waals surface area contributed by atoms with Crippen LogP contribution in [-0.4, -0.2) is 97.0 Å². The number of rotatable bonds is 8. The van der Waals surface area contributed by atoms with E-state index in [0.29, 0.717) is 24.4 Å². The van der Waals surface area contributed by atoms with E-state index in [1.54, 1.807) is 0 Å². The highest BCUT2D eigenvalue weighted by Crippen LogP contribution is 2.31. The number of nitrogens with zero attached hydrogens (tertiary/aromatic N) is 3. The summed E-state index contributed by atoms with van der Waals surface area (Å²) in [5.41, 5.74) is 0.228. The third kappa shape index (κ3) is 5.24. The van der Waals surface area contributed by atoms with Crippen molar-refractivity contribution in [2.75, 3.05) is 52.4 Å². The van der Waals surface area contributed by atoms with E-state index < -0.39 is 0 Å². The second kappa shape index (κ2) is 9.53. The summed E-state index contributed by atoms with van der Waals surface area (Å²) in [6, 6.07) is 0.581. The molecule has 3 rings (SSSR count). The minimum Gasteiger partial charge on any atom is -0.378 e. The molecule has 2 aliphatic heterocycles. The Morgan fingerprint density at radius 3 is 2.07 bits per heavy atom. The molecule has 2 saturated heterocycles. The number of hydrogen-bond donors (Lipinski definition) is 0. The normalized spacial score (nSPS) is 31.0. The summed E-state index contributed by atoms with van der Waals surface area (Å²) in [6.07, 6.45) is 5.91. The van der Waals surface area contributed by atoms with Gasteiger partial charge in [-0.25, -0.2) is 0 Å². The van der Waals surface area contributed by atoms with Crippen LogP contribution in [-0.2, 0) is 9.47 Å². The summed E-state index contributed by atoms with van der Waals surface area (Å²) in [4.78, 5) is 7.99. The Labute approximate surface area is 167 Å². The fraction of sp³-hybridized carbons (Fsp3) is 1.00. The van der Waals surface area contributed by atoms with Gasteiger partial charge in [0.25, 0.3) is 0 Å². The van der Waals surface area contributed by atoms with Gasteiger partial charge in [0.15, 0.2) is 0 Å².